The van der Waals surface area contributed by atoms with Crippen LogP contribution in [0, 0.1) is 0 Å². The fraction of sp³-hybridized carbons (Fsp3) is 0.364. The summed E-state index contributed by atoms with van der Waals surface area (Å²) in [6.07, 6.45) is 1.11. The molecule has 0 saturated carbocycles. The molecular formula is C22H25ClN2O6S. The highest BCUT2D eigenvalue weighted by Crippen LogP contribution is 2.34. The molecule has 0 radical (unpaired) electrons. The Bertz CT molecular complexity index is 1120. The van der Waals surface area contributed by atoms with Crippen LogP contribution in [0.2, 0.25) is 5.02 Å². The number of amides is 1. The molecule has 1 aliphatic heterocycles. The van der Waals surface area contributed by atoms with Crippen molar-refractivity contribution in [3.8, 4) is 5.75 Å². The molecular weight excluding hydrogens is 456 g/mol. The van der Waals surface area contributed by atoms with Crippen molar-refractivity contribution >= 4 is 33.5 Å². The van der Waals surface area contributed by atoms with Gasteiger partial charge in [0.05, 0.1) is 6.61 Å². The van der Waals surface area contributed by atoms with Crippen LogP contribution in [0.25, 0.3) is 0 Å². The van der Waals surface area contributed by atoms with Crippen molar-refractivity contribution in [1.82, 2.24) is 4.90 Å². The monoisotopic (exact) mass is 480 g/mol. The van der Waals surface area contributed by atoms with Gasteiger partial charge in [-0.2, -0.15) is 0 Å². The minimum atomic E-state index is -4.02. The van der Waals surface area contributed by atoms with Crippen LogP contribution >= 0.6 is 11.6 Å². The molecule has 0 aromatic heterocycles. The fourth-order valence-electron chi connectivity index (χ4n) is 3.64. The van der Waals surface area contributed by atoms with Crippen LogP contribution in [-0.2, 0) is 22.9 Å². The first kappa shape index (κ1) is 24.0. The van der Waals surface area contributed by atoms with Gasteiger partial charge in [-0.25, -0.2) is 18.4 Å². The third kappa shape index (κ3) is 5.99. The summed E-state index contributed by atoms with van der Waals surface area (Å²) >= 11 is 6.12. The number of fused-ring (bicyclic) bond motifs is 1. The molecule has 3 N–H and O–H groups in total. The number of primary sulfonamides is 1. The fourth-order valence-corrected chi connectivity index (χ4v) is 4.61. The first-order chi connectivity index (χ1) is 15.2. The van der Waals surface area contributed by atoms with Gasteiger partial charge in [0.2, 0.25) is 10.0 Å². The summed E-state index contributed by atoms with van der Waals surface area (Å²) in [5.41, 5.74) is 1.80. The number of hydrogen-bond acceptors (Lipinski definition) is 5. The molecule has 0 bridgehead atoms. The summed E-state index contributed by atoms with van der Waals surface area (Å²) in [5, 5.41) is 15.3. The van der Waals surface area contributed by atoms with E-state index < -0.39 is 16.1 Å². The smallest absolute Gasteiger partial charge is 0.407 e. The molecule has 0 saturated heterocycles. The number of sulfonamides is 1. The first-order valence-electron chi connectivity index (χ1n) is 10.2. The van der Waals surface area contributed by atoms with Gasteiger partial charge < -0.3 is 14.7 Å². The van der Waals surface area contributed by atoms with Crippen molar-refractivity contribution < 1.29 is 27.9 Å². The van der Waals surface area contributed by atoms with Crippen LogP contribution in [0.15, 0.2) is 41.3 Å². The van der Waals surface area contributed by atoms with Crippen LogP contribution in [0.3, 0.4) is 0 Å². The highest BCUT2D eigenvalue weighted by molar-refractivity contribution is 7.89. The number of hydrogen-bond donors (Lipinski definition) is 2. The summed E-state index contributed by atoms with van der Waals surface area (Å²) in [6.45, 7) is 0.928. The van der Waals surface area contributed by atoms with Crippen LogP contribution < -0.4 is 9.88 Å². The van der Waals surface area contributed by atoms with Crippen molar-refractivity contribution in [3.05, 3.63) is 58.1 Å². The lowest BCUT2D eigenvalue weighted by Gasteiger charge is -2.19. The number of halogens is 1. The molecule has 2 aromatic rings. The summed E-state index contributed by atoms with van der Waals surface area (Å²) in [7, 11) is -4.02. The molecule has 8 nitrogen and oxygen atoms in total. The van der Waals surface area contributed by atoms with E-state index in [1.165, 1.54) is 11.0 Å². The quantitative estimate of drug-likeness (QED) is 0.395. The van der Waals surface area contributed by atoms with E-state index in [9.17, 15) is 23.1 Å². The molecule has 0 atom stereocenters. The largest absolute Gasteiger partial charge is 0.492 e. The highest BCUT2D eigenvalue weighted by Gasteiger charge is 2.25. The molecule has 172 valence electrons. The maximum Gasteiger partial charge on any atom is 0.407 e. The lowest BCUT2D eigenvalue weighted by atomic mass is 10.0. The number of ether oxygens (including phenoxy) is 1. The molecule has 2 aromatic carbocycles. The molecule has 0 spiro atoms. The van der Waals surface area contributed by atoms with Crippen LogP contribution in [-0.4, -0.2) is 50.0 Å². The van der Waals surface area contributed by atoms with Crippen molar-refractivity contribution in [3.63, 3.8) is 0 Å². The van der Waals surface area contributed by atoms with E-state index in [1.54, 1.807) is 12.1 Å². The second-order valence-electron chi connectivity index (χ2n) is 7.60. The average molecular weight is 481 g/mol. The molecule has 0 aliphatic carbocycles. The lowest BCUT2D eigenvalue weighted by Crippen LogP contribution is -2.32. The summed E-state index contributed by atoms with van der Waals surface area (Å²) in [6, 6.07) is 10.2. The Morgan fingerprint density at radius 1 is 1.16 bits per heavy atom. The molecule has 10 heteroatoms. The number of ketones is 1. The van der Waals surface area contributed by atoms with Crippen LogP contribution in [0.4, 0.5) is 4.79 Å². The van der Waals surface area contributed by atoms with E-state index >= 15 is 0 Å². The highest BCUT2D eigenvalue weighted by atomic mass is 35.5. The Morgan fingerprint density at radius 3 is 2.59 bits per heavy atom. The standard InChI is InChI=1S/C22H25ClN2O6S/c23-18-6-2-1-5-15(18)8-11-25(22(27)28)10-4-3-7-19(26)17-13-16-9-12-31-21(16)20(14-17)32(24,29)30/h1-2,5-6,13-14H,3-4,7-12H2,(H,27,28)(H2,24,29,30). The zero-order chi connectivity index (χ0) is 23.3. The topological polar surface area (TPSA) is 127 Å². The summed E-state index contributed by atoms with van der Waals surface area (Å²) in [5.74, 6) is 0.00205. The maximum absolute atomic E-state index is 12.6. The molecule has 32 heavy (non-hydrogen) atoms. The van der Waals surface area contributed by atoms with Crippen molar-refractivity contribution in [2.45, 2.75) is 37.0 Å². The van der Waals surface area contributed by atoms with Crippen molar-refractivity contribution in [1.29, 1.82) is 0 Å². The zero-order valence-electron chi connectivity index (χ0n) is 17.4. The van der Waals surface area contributed by atoms with E-state index in [0.717, 1.165) is 5.56 Å². The predicted octanol–water partition coefficient (Wildman–Crippen LogP) is 3.50. The Hall–Kier alpha value is -2.62. The summed E-state index contributed by atoms with van der Waals surface area (Å²) in [4.78, 5) is 25.3. The van der Waals surface area contributed by atoms with Gasteiger partial charge in [-0.15, -0.1) is 0 Å². The van der Waals surface area contributed by atoms with Crippen molar-refractivity contribution in [2.24, 2.45) is 5.14 Å². The number of Topliss-reactive ketones (excluding diaryl/α,β-unsaturated/α-hetero) is 1. The Labute approximate surface area is 192 Å². The van der Waals surface area contributed by atoms with Gasteiger partial charge in [-0.05, 0) is 48.6 Å². The van der Waals surface area contributed by atoms with Gasteiger partial charge >= 0.3 is 6.09 Å². The van der Waals surface area contributed by atoms with Gasteiger partial charge in [0.25, 0.3) is 0 Å². The van der Waals surface area contributed by atoms with E-state index in [2.05, 4.69) is 0 Å². The molecule has 3 rings (SSSR count). The van der Waals surface area contributed by atoms with Crippen LogP contribution in [0.5, 0.6) is 5.75 Å². The van der Waals surface area contributed by atoms with E-state index in [4.69, 9.17) is 21.5 Å². The number of nitrogens with two attached hydrogens (primary N) is 1. The summed E-state index contributed by atoms with van der Waals surface area (Å²) < 4.78 is 29.1. The van der Waals surface area contributed by atoms with Gasteiger partial charge in [0.1, 0.15) is 10.6 Å². The Kier molecular flexibility index (Phi) is 7.76. The normalized spacial score (nSPS) is 12.8. The average Bonchev–Trinajstić information content (AvgIpc) is 3.21. The number of carbonyl (C=O) groups is 2. The van der Waals surface area contributed by atoms with Crippen LogP contribution in [0.1, 0.15) is 40.7 Å². The number of carboxylic acid groups (broad SMARTS) is 1. The predicted molar refractivity (Wildman–Crippen MR) is 120 cm³/mol. The number of benzene rings is 2. The van der Waals surface area contributed by atoms with E-state index in [-0.39, 0.29) is 35.0 Å². The van der Waals surface area contributed by atoms with Gasteiger partial charge in [-0.1, -0.05) is 29.8 Å². The number of nitrogens with zero attached hydrogens (tertiary/aromatic N) is 1. The SMILES string of the molecule is NS(=O)(=O)c1cc(C(=O)CCCCN(CCc2ccccc2Cl)C(=O)O)cc2c1OCC2. The molecule has 1 heterocycles. The third-order valence-electron chi connectivity index (χ3n) is 5.34. The molecule has 1 amide bonds. The molecule has 1 aliphatic rings. The molecule has 0 unspecified atom stereocenters. The maximum atomic E-state index is 12.6. The van der Waals surface area contributed by atoms with E-state index in [1.807, 2.05) is 18.2 Å². The van der Waals surface area contributed by atoms with Crippen molar-refractivity contribution in [2.75, 3.05) is 19.7 Å². The zero-order valence-corrected chi connectivity index (χ0v) is 19.0. The minimum absolute atomic E-state index is 0.168. The first-order valence-corrected chi connectivity index (χ1v) is 12.2. The second-order valence-corrected chi connectivity index (χ2v) is 9.53. The lowest BCUT2D eigenvalue weighted by molar-refractivity contribution is 0.0977. The second kappa shape index (κ2) is 10.3. The number of carbonyl (C=O) groups excluding carboxylic acids is 1. The molecule has 0 fully saturated rings. The van der Waals surface area contributed by atoms with Gasteiger partial charge in [0.15, 0.2) is 5.78 Å². The number of unbranched alkanes of at least 4 members (excludes halogenated alkanes) is 1. The van der Waals surface area contributed by atoms with Gasteiger partial charge in [0, 0.05) is 36.5 Å². The third-order valence-corrected chi connectivity index (χ3v) is 6.62. The van der Waals surface area contributed by atoms with E-state index in [0.29, 0.717) is 49.4 Å². The number of rotatable bonds is 10. The van der Waals surface area contributed by atoms with Gasteiger partial charge in [-0.3, -0.25) is 4.79 Å². The Balaban J connectivity index is 1.55. The Morgan fingerprint density at radius 2 is 1.91 bits per heavy atom. The minimum Gasteiger partial charge on any atom is -0.492 e.